The number of fused-ring (bicyclic) bond motifs is 1. The van der Waals surface area contributed by atoms with Gasteiger partial charge >= 0.3 is 5.97 Å². The molecule has 0 aliphatic heterocycles. The predicted octanol–water partition coefficient (Wildman–Crippen LogP) is 3.90. The van der Waals surface area contributed by atoms with Crippen LogP contribution in [0.25, 0.3) is 11.0 Å². The molecule has 0 amide bonds. The molecule has 20 heavy (non-hydrogen) atoms. The van der Waals surface area contributed by atoms with Crippen molar-refractivity contribution in [3.8, 4) is 0 Å². The van der Waals surface area contributed by atoms with Gasteiger partial charge in [-0.2, -0.15) is 0 Å². The third-order valence-corrected chi connectivity index (χ3v) is 3.21. The largest absolute Gasteiger partial charge is 0.478 e. The monoisotopic (exact) mass is 274 g/mol. The van der Waals surface area contributed by atoms with Crippen LogP contribution in [-0.2, 0) is 6.42 Å². The molecule has 0 spiro atoms. The molecule has 4 heteroatoms. The zero-order valence-electron chi connectivity index (χ0n) is 12.8. The Morgan fingerprint density at radius 3 is 2.50 bits per heavy atom. The summed E-state index contributed by atoms with van der Waals surface area (Å²) < 4.78 is 2.20. The maximum Gasteiger partial charge on any atom is 0.335 e. The molecule has 0 saturated carbocycles. The van der Waals surface area contributed by atoms with Crippen LogP contribution in [0.4, 0.5) is 0 Å². The van der Waals surface area contributed by atoms with Crippen molar-refractivity contribution in [2.45, 2.75) is 47.1 Å². The Labute approximate surface area is 119 Å². The van der Waals surface area contributed by atoms with Crippen LogP contribution in [0.3, 0.4) is 0 Å². The molecule has 0 aliphatic rings. The molecule has 2 aromatic rings. The standard InChI is InChI=1S/C16H22N2O2/c1-10(2)18-13-7-6-11(15(19)20)8-12(13)17-14(18)9-16(3,4)5/h6-8,10H,9H2,1-5H3,(H,19,20). The lowest BCUT2D eigenvalue weighted by molar-refractivity contribution is 0.0697. The highest BCUT2D eigenvalue weighted by Crippen LogP contribution is 2.27. The lowest BCUT2D eigenvalue weighted by Crippen LogP contribution is -2.15. The van der Waals surface area contributed by atoms with Crippen molar-refractivity contribution in [2.24, 2.45) is 5.41 Å². The third kappa shape index (κ3) is 2.84. The summed E-state index contributed by atoms with van der Waals surface area (Å²) in [5.74, 6) is 0.105. The highest BCUT2D eigenvalue weighted by molar-refractivity contribution is 5.92. The van der Waals surface area contributed by atoms with Gasteiger partial charge in [-0.25, -0.2) is 9.78 Å². The minimum atomic E-state index is -0.914. The first kappa shape index (κ1) is 14.6. The summed E-state index contributed by atoms with van der Waals surface area (Å²) in [6, 6.07) is 5.46. The molecule has 0 aliphatic carbocycles. The topological polar surface area (TPSA) is 55.1 Å². The fourth-order valence-electron chi connectivity index (χ4n) is 2.46. The van der Waals surface area contributed by atoms with Gasteiger partial charge in [-0.05, 0) is 37.5 Å². The Bertz CT molecular complexity index is 648. The molecule has 0 bridgehead atoms. The molecule has 0 atom stereocenters. The third-order valence-electron chi connectivity index (χ3n) is 3.21. The van der Waals surface area contributed by atoms with Crippen LogP contribution in [0, 0.1) is 5.41 Å². The zero-order chi connectivity index (χ0) is 15.1. The van der Waals surface area contributed by atoms with Crippen molar-refractivity contribution in [2.75, 3.05) is 0 Å². The number of imidazole rings is 1. The van der Waals surface area contributed by atoms with E-state index in [0.717, 1.165) is 23.3 Å². The zero-order valence-corrected chi connectivity index (χ0v) is 12.8. The van der Waals surface area contributed by atoms with Crippen LogP contribution in [0.5, 0.6) is 0 Å². The molecule has 0 saturated heterocycles. The molecule has 108 valence electrons. The minimum Gasteiger partial charge on any atom is -0.478 e. The number of aromatic carboxylic acids is 1. The van der Waals surface area contributed by atoms with Gasteiger partial charge in [0.15, 0.2) is 0 Å². The Kier molecular flexibility index (Phi) is 3.59. The van der Waals surface area contributed by atoms with Gasteiger partial charge in [0, 0.05) is 12.5 Å². The first-order valence-corrected chi connectivity index (χ1v) is 6.93. The molecule has 1 heterocycles. The van der Waals surface area contributed by atoms with E-state index < -0.39 is 5.97 Å². The smallest absolute Gasteiger partial charge is 0.335 e. The van der Waals surface area contributed by atoms with E-state index in [-0.39, 0.29) is 11.0 Å². The van der Waals surface area contributed by atoms with E-state index in [1.165, 1.54) is 0 Å². The summed E-state index contributed by atoms with van der Waals surface area (Å²) in [7, 11) is 0. The van der Waals surface area contributed by atoms with Crippen molar-refractivity contribution in [1.82, 2.24) is 9.55 Å². The van der Waals surface area contributed by atoms with Crippen molar-refractivity contribution in [3.05, 3.63) is 29.6 Å². The van der Waals surface area contributed by atoms with E-state index >= 15 is 0 Å². The summed E-state index contributed by atoms with van der Waals surface area (Å²) in [6.45, 7) is 10.8. The number of benzene rings is 1. The molecule has 1 aromatic heterocycles. The summed E-state index contributed by atoms with van der Waals surface area (Å²) in [5.41, 5.74) is 2.19. The number of hydrogen-bond donors (Lipinski definition) is 1. The first-order chi connectivity index (χ1) is 9.19. The van der Waals surface area contributed by atoms with Crippen LogP contribution in [0.15, 0.2) is 18.2 Å². The van der Waals surface area contributed by atoms with Crippen molar-refractivity contribution in [3.63, 3.8) is 0 Å². The summed E-state index contributed by atoms with van der Waals surface area (Å²) >= 11 is 0. The van der Waals surface area contributed by atoms with Gasteiger partial charge in [-0.1, -0.05) is 20.8 Å². The molecule has 4 nitrogen and oxygen atoms in total. The Hall–Kier alpha value is -1.84. The number of carboxylic acid groups (broad SMARTS) is 1. The van der Waals surface area contributed by atoms with Crippen LogP contribution < -0.4 is 0 Å². The van der Waals surface area contributed by atoms with E-state index in [2.05, 4.69) is 44.2 Å². The number of aromatic nitrogens is 2. The Morgan fingerprint density at radius 2 is 2.00 bits per heavy atom. The highest BCUT2D eigenvalue weighted by Gasteiger charge is 2.20. The fourth-order valence-corrected chi connectivity index (χ4v) is 2.46. The molecular weight excluding hydrogens is 252 g/mol. The second kappa shape index (κ2) is 4.93. The van der Waals surface area contributed by atoms with Crippen molar-refractivity contribution in [1.29, 1.82) is 0 Å². The minimum absolute atomic E-state index is 0.143. The van der Waals surface area contributed by atoms with Crippen LogP contribution in [0.1, 0.15) is 56.8 Å². The molecule has 1 aromatic carbocycles. The fraction of sp³-hybridized carbons (Fsp3) is 0.500. The quantitative estimate of drug-likeness (QED) is 0.923. The first-order valence-electron chi connectivity index (χ1n) is 6.93. The van der Waals surface area contributed by atoms with Gasteiger partial charge in [0.1, 0.15) is 5.82 Å². The van der Waals surface area contributed by atoms with Gasteiger partial charge in [-0.15, -0.1) is 0 Å². The normalized spacial score (nSPS) is 12.3. The van der Waals surface area contributed by atoms with Gasteiger partial charge in [0.05, 0.1) is 16.6 Å². The van der Waals surface area contributed by atoms with E-state index in [1.807, 2.05) is 6.07 Å². The lowest BCUT2D eigenvalue weighted by atomic mass is 9.92. The van der Waals surface area contributed by atoms with Crippen LogP contribution in [0.2, 0.25) is 0 Å². The van der Waals surface area contributed by atoms with Gasteiger partial charge in [0.2, 0.25) is 0 Å². The van der Waals surface area contributed by atoms with E-state index in [0.29, 0.717) is 6.04 Å². The summed E-state index contributed by atoms with van der Waals surface area (Å²) in [6.07, 6.45) is 0.863. The maximum atomic E-state index is 11.1. The van der Waals surface area contributed by atoms with Crippen molar-refractivity contribution < 1.29 is 9.90 Å². The molecule has 0 fully saturated rings. The number of carbonyl (C=O) groups is 1. The average Bonchev–Trinajstić information content (AvgIpc) is 2.62. The number of rotatable bonds is 3. The van der Waals surface area contributed by atoms with Gasteiger partial charge in [-0.3, -0.25) is 0 Å². The van der Waals surface area contributed by atoms with E-state index in [1.54, 1.807) is 12.1 Å². The van der Waals surface area contributed by atoms with Gasteiger partial charge < -0.3 is 9.67 Å². The maximum absolute atomic E-state index is 11.1. The van der Waals surface area contributed by atoms with Crippen molar-refractivity contribution >= 4 is 17.0 Å². The SMILES string of the molecule is CC(C)n1c(CC(C)(C)C)nc2cc(C(=O)O)ccc21. The van der Waals surface area contributed by atoms with E-state index in [9.17, 15) is 4.79 Å². The van der Waals surface area contributed by atoms with Crippen LogP contribution >= 0.6 is 0 Å². The van der Waals surface area contributed by atoms with E-state index in [4.69, 9.17) is 5.11 Å². The second-order valence-corrected chi connectivity index (χ2v) is 6.74. The molecule has 2 rings (SSSR count). The Morgan fingerprint density at radius 1 is 1.35 bits per heavy atom. The molecule has 1 N–H and O–H groups in total. The average molecular weight is 274 g/mol. The summed E-state index contributed by atoms with van der Waals surface area (Å²) in [4.78, 5) is 15.7. The second-order valence-electron chi connectivity index (χ2n) is 6.74. The summed E-state index contributed by atoms with van der Waals surface area (Å²) in [5, 5.41) is 9.08. The number of carboxylic acids is 1. The predicted molar refractivity (Wildman–Crippen MR) is 80.2 cm³/mol. The number of hydrogen-bond acceptors (Lipinski definition) is 2. The van der Waals surface area contributed by atoms with Gasteiger partial charge in [0.25, 0.3) is 0 Å². The van der Waals surface area contributed by atoms with Crippen LogP contribution in [-0.4, -0.2) is 20.6 Å². The Balaban J connectivity index is 2.62. The molecule has 0 unspecified atom stereocenters. The lowest BCUT2D eigenvalue weighted by Gasteiger charge is -2.20. The molecular formula is C16H22N2O2. The molecule has 0 radical (unpaired) electrons. The number of nitrogens with zero attached hydrogens (tertiary/aromatic N) is 2. The highest BCUT2D eigenvalue weighted by atomic mass is 16.4.